The third-order valence-corrected chi connectivity index (χ3v) is 5.65. The van der Waals surface area contributed by atoms with Crippen LogP contribution in [0.1, 0.15) is 33.1 Å². The number of hydrogen-bond donors (Lipinski definition) is 2. The average Bonchev–Trinajstić information content (AvgIpc) is 2.65. The summed E-state index contributed by atoms with van der Waals surface area (Å²) in [4.78, 5) is 37.7. The van der Waals surface area contributed by atoms with Crippen LogP contribution in [0, 0.1) is 16.0 Å². The Kier molecular flexibility index (Phi) is 11.1. The highest BCUT2D eigenvalue weighted by atomic mass is 33.1. The van der Waals surface area contributed by atoms with Crippen LogP contribution in [-0.4, -0.2) is 40.2 Å². The molecule has 1 rings (SSSR count). The molecular weight excluding hydrogens is 390 g/mol. The molecule has 0 aliphatic rings. The minimum Gasteiger partial charge on any atom is -0.350 e. The van der Waals surface area contributed by atoms with E-state index < -0.39 is 10.8 Å². The zero-order valence-corrected chi connectivity index (χ0v) is 16.8. The van der Waals surface area contributed by atoms with E-state index in [1.54, 1.807) is 0 Å². The number of aromatic nitrogens is 1. The van der Waals surface area contributed by atoms with Gasteiger partial charge in [0.25, 0.3) is 5.91 Å². The first kappa shape index (κ1) is 22.9. The smallest absolute Gasteiger partial charge is 0.302 e. The second-order valence-corrected chi connectivity index (χ2v) is 7.96. The van der Waals surface area contributed by atoms with E-state index in [9.17, 15) is 19.7 Å². The molecule has 1 aromatic heterocycles. The molecule has 1 atom stereocenters. The van der Waals surface area contributed by atoms with E-state index in [-0.39, 0.29) is 17.5 Å². The van der Waals surface area contributed by atoms with E-state index in [1.165, 1.54) is 39.9 Å². The predicted octanol–water partition coefficient (Wildman–Crippen LogP) is 2.77. The molecule has 0 aliphatic carbocycles. The lowest BCUT2D eigenvalue weighted by molar-refractivity contribution is -0.388. The summed E-state index contributed by atoms with van der Waals surface area (Å²) in [5.74, 6) is -0.255. The number of nitrogens with zero attached hydrogens (tertiary/aromatic N) is 3. The van der Waals surface area contributed by atoms with Gasteiger partial charge in [-0.15, -0.1) is 0 Å². The summed E-state index contributed by atoms with van der Waals surface area (Å²) < 4.78 is 0. The van der Waals surface area contributed by atoms with Crippen molar-refractivity contribution in [1.82, 2.24) is 15.7 Å². The Morgan fingerprint density at radius 3 is 2.96 bits per heavy atom. The van der Waals surface area contributed by atoms with Crippen molar-refractivity contribution in [3.05, 3.63) is 28.4 Å². The van der Waals surface area contributed by atoms with Crippen molar-refractivity contribution in [3.63, 3.8) is 0 Å². The van der Waals surface area contributed by atoms with E-state index in [4.69, 9.17) is 0 Å². The van der Waals surface area contributed by atoms with E-state index in [0.717, 1.165) is 25.5 Å². The molecule has 1 unspecified atom stereocenters. The van der Waals surface area contributed by atoms with Crippen molar-refractivity contribution >= 4 is 45.3 Å². The normalized spacial score (nSPS) is 11.9. The second-order valence-electron chi connectivity index (χ2n) is 5.56. The average molecular weight is 414 g/mol. The second kappa shape index (κ2) is 13.1. The highest BCUT2D eigenvalue weighted by molar-refractivity contribution is 8.76. The zero-order valence-electron chi connectivity index (χ0n) is 15.2. The predicted molar refractivity (Wildman–Crippen MR) is 108 cm³/mol. The summed E-state index contributed by atoms with van der Waals surface area (Å²) in [6, 6.07) is 2.90. The number of carbonyl (C=O) groups excluding carboxylic acids is 2. The van der Waals surface area contributed by atoms with Crippen LogP contribution in [0.4, 0.5) is 5.69 Å². The summed E-state index contributed by atoms with van der Waals surface area (Å²) >= 11 is 0. The Labute approximate surface area is 165 Å². The molecule has 0 spiro atoms. The van der Waals surface area contributed by atoms with E-state index in [1.807, 2.05) is 6.92 Å². The van der Waals surface area contributed by atoms with Gasteiger partial charge in [0.15, 0.2) is 5.03 Å². The Morgan fingerprint density at radius 2 is 2.26 bits per heavy atom. The summed E-state index contributed by atoms with van der Waals surface area (Å²) in [7, 11) is 2.52. The minimum atomic E-state index is -0.481. The lowest BCUT2D eigenvalue weighted by Crippen LogP contribution is -2.29. The van der Waals surface area contributed by atoms with Gasteiger partial charge in [0.05, 0.1) is 4.92 Å². The molecule has 0 saturated carbocycles. The van der Waals surface area contributed by atoms with Crippen LogP contribution in [0.2, 0.25) is 0 Å². The van der Waals surface area contributed by atoms with Crippen molar-refractivity contribution in [2.45, 2.75) is 38.1 Å². The molecule has 0 aliphatic heterocycles. The monoisotopic (exact) mass is 413 g/mol. The number of rotatable bonds is 12. The van der Waals surface area contributed by atoms with Gasteiger partial charge in [0, 0.05) is 30.5 Å². The fourth-order valence-electron chi connectivity index (χ4n) is 1.85. The quantitative estimate of drug-likeness (QED) is 0.177. The van der Waals surface area contributed by atoms with Crippen molar-refractivity contribution in [2.24, 2.45) is 11.0 Å². The fraction of sp³-hybridized carbons (Fsp3) is 0.500. The van der Waals surface area contributed by atoms with Crippen LogP contribution >= 0.6 is 21.6 Å². The van der Waals surface area contributed by atoms with Crippen molar-refractivity contribution in [3.8, 4) is 0 Å². The van der Waals surface area contributed by atoms with Gasteiger partial charge in [0.2, 0.25) is 5.91 Å². The Morgan fingerprint density at radius 1 is 1.48 bits per heavy atom. The number of hydrogen-bond acceptors (Lipinski definition) is 8. The van der Waals surface area contributed by atoms with Crippen LogP contribution in [0.25, 0.3) is 0 Å². The van der Waals surface area contributed by atoms with Gasteiger partial charge in [-0.25, -0.2) is 10.4 Å². The number of hydrazone groups is 1. The van der Waals surface area contributed by atoms with E-state index >= 15 is 0 Å². The van der Waals surface area contributed by atoms with E-state index in [2.05, 4.69) is 27.8 Å². The van der Waals surface area contributed by atoms with Gasteiger partial charge >= 0.3 is 5.69 Å². The largest absolute Gasteiger partial charge is 0.350 e. The van der Waals surface area contributed by atoms with Gasteiger partial charge in [-0.1, -0.05) is 37.5 Å². The summed E-state index contributed by atoms with van der Waals surface area (Å²) in [6.45, 7) is 4.23. The third-order valence-electron chi connectivity index (χ3n) is 3.37. The molecule has 1 aromatic rings. The van der Waals surface area contributed by atoms with Gasteiger partial charge in [0.1, 0.15) is 6.21 Å². The Balaban J connectivity index is 2.22. The van der Waals surface area contributed by atoms with Gasteiger partial charge in [-0.3, -0.25) is 19.7 Å². The number of carbonyl (C=O) groups is 2. The fourth-order valence-corrected chi connectivity index (χ4v) is 3.78. The molecule has 0 bridgehead atoms. The van der Waals surface area contributed by atoms with Gasteiger partial charge < -0.3 is 5.32 Å². The summed E-state index contributed by atoms with van der Waals surface area (Å²) in [5.41, 5.74) is 2.30. The van der Waals surface area contributed by atoms with Crippen molar-refractivity contribution in [1.29, 1.82) is 0 Å². The standard InChI is InChI=1S/C16H23N5O4S2/c1-3-4-6-12(2)15(23)20-19-11-14(22)17-9-10-26-27-16-13(21(24)25)7-5-8-18-16/h5,7-8,11-12H,3-4,6,9-10H2,1-2H3,(H,17,22)(H,20,23)/b19-11+. The van der Waals surface area contributed by atoms with Crippen LogP contribution in [0.5, 0.6) is 0 Å². The molecule has 9 nitrogen and oxygen atoms in total. The maximum Gasteiger partial charge on any atom is 0.302 e. The number of nitrogens with one attached hydrogen (secondary N) is 2. The first-order valence-corrected chi connectivity index (χ1v) is 10.8. The Bertz CT molecular complexity index is 672. The SMILES string of the molecule is CCCCC(C)C(=O)N/N=C/C(=O)NCCSSc1ncccc1[N+](=O)[O-]. The van der Waals surface area contributed by atoms with Crippen LogP contribution in [-0.2, 0) is 9.59 Å². The molecule has 0 saturated heterocycles. The Hall–Kier alpha value is -2.14. The molecule has 0 fully saturated rings. The maximum absolute atomic E-state index is 11.7. The molecule has 0 radical (unpaired) electrons. The zero-order chi connectivity index (χ0) is 20.1. The molecular formula is C16H23N5O4S2. The molecule has 1 heterocycles. The number of pyridine rings is 1. The highest BCUT2D eigenvalue weighted by Gasteiger charge is 2.14. The highest BCUT2D eigenvalue weighted by Crippen LogP contribution is 2.34. The first-order chi connectivity index (χ1) is 13.0. The number of unbranched alkanes of at least 4 members (excludes halogenated alkanes) is 1. The molecule has 2 N–H and O–H groups in total. The number of amides is 2. The number of nitro groups is 1. The van der Waals surface area contributed by atoms with Gasteiger partial charge in [-0.05, 0) is 23.3 Å². The topological polar surface area (TPSA) is 127 Å². The molecule has 2 amide bonds. The summed E-state index contributed by atoms with van der Waals surface area (Å²) in [6.07, 6.45) is 5.29. The third kappa shape index (κ3) is 9.38. The van der Waals surface area contributed by atoms with Crippen LogP contribution < -0.4 is 10.7 Å². The van der Waals surface area contributed by atoms with Crippen molar-refractivity contribution < 1.29 is 14.5 Å². The first-order valence-electron chi connectivity index (χ1n) is 8.45. The lowest BCUT2D eigenvalue weighted by Gasteiger charge is -2.07. The maximum atomic E-state index is 11.7. The molecule has 148 valence electrons. The van der Waals surface area contributed by atoms with E-state index in [0.29, 0.717) is 17.3 Å². The van der Waals surface area contributed by atoms with Crippen LogP contribution in [0.3, 0.4) is 0 Å². The minimum absolute atomic E-state index is 0.0462. The van der Waals surface area contributed by atoms with Gasteiger partial charge in [-0.2, -0.15) is 5.10 Å². The van der Waals surface area contributed by atoms with Crippen LogP contribution in [0.15, 0.2) is 28.5 Å². The van der Waals surface area contributed by atoms with Crippen molar-refractivity contribution in [2.75, 3.05) is 12.3 Å². The lowest BCUT2D eigenvalue weighted by atomic mass is 10.0. The molecule has 27 heavy (non-hydrogen) atoms. The molecule has 11 heteroatoms. The molecule has 0 aromatic carbocycles. The summed E-state index contributed by atoms with van der Waals surface area (Å²) in [5, 5.41) is 17.5.